The largest absolute Gasteiger partial charge is 0.321 e. The van der Waals surface area contributed by atoms with Crippen molar-refractivity contribution in [1.82, 2.24) is 30.1 Å². The Labute approximate surface area is 188 Å². The Hall–Kier alpha value is -3.32. The molecule has 2 aromatic heterocycles. The normalized spacial score (nSPS) is 12.0. The molecule has 2 heterocycles. The van der Waals surface area contributed by atoms with Crippen LogP contribution in [-0.4, -0.2) is 36.6 Å². The van der Waals surface area contributed by atoms with Crippen LogP contribution in [0.3, 0.4) is 0 Å². The third-order valence-corrected chi connectivity index (χ3v) is 5.65. The monoisotopic (exact) mass is 430 g/mol. The van der Waals surface area contributed by atoms with Crippen molar-refractivity contribution in [3.63, 3.8) is 0 Å². The van der Waals surface area contributed by atoms with E-state index in [2.05, 4.69) is 70.4 Å². The maximum atomic E-state index is 12.9. The molecule has 0 saturated carbocycles. The number of rotatable bonds is 7. The van der Waals surface area contributed by atoms with Gasteiger partial charge in [-0.25, -0.2) is 4.68 Å². The van der Waals surface area contributed by atoms with Gasteiger partial charge in [-0.2, -0.15) is 0 Å². The SMILES string of the molecule is Cc1cccc2cc(CN(CCc3ccccc3)Cc3nnnn3C(C)(C)C)c(=O)[nH]c12. The fraction of sp³-hybridized carbons (Fsp3) is 0.360. The van der Waals surface area contributed by atoms with Crippen LogP contribution in [0, 0.1) is 6.92 Å². The number of aromatic nitrogens is 5. The minimum absolute atomic E-state index is 0.0491. The van der Waals surface area contributed by atoms with E-state index >= 15 is 0 Å². The van der Waals surface area contributed by atoms with Gasteiger partial charge < -0.3 is 4.98 Å². The molecule has 32 heavy (non-hydrogen) atoms. The summed E-state index contributed by atoms with van der Waals surface area (Å²) in [5.41, 5.74) is 3.70. The van der Waals surface area contributed by atoms with Crippen LogP contribution in [0.5, 0.6) is 0 Å². The number of benzene rings is 2. The average Bonchev–Trinajstić information content (AvgIpc) is 3.23. The molecule has 2 aromatic carbocycles. The molecule has 1 N–H and O–H groups in total. The Balaban J connectivity index is 1.63. The summed E-state index contributed by atoms with van der Waals surface area (Å²) in [4.78, 5) is 18.2. The molecule has 166 valence electrons. The topological polar surface area (TPSA) is 79.7 Å². The van der Waals surface area contributed by atoms with E-state index in [0.717, 1.165) is 40.8 Å². The van der Waals surface area contributed by atoms with Gasteiger partial charge in [0, 0.05) is 18.7 Å². The van der Waals surface area contributed by atoms with E-state index in [1.54, 1.807) is 0 Å². The molecule has 0 spiro atoms. The molecule has 0 aliphatic carbocycles. The minimum Gasteiger partial charge on any atom is -0.321 e. The van der Waals surface area contributed by atoms with Gasteiger partial charge in [-0.3, -0.25) is 9.69 Å². The van der Waals surface area contributed by atoms with E-state index in [4.69, 9.17) is 0 Å². The van der Waals surface area contributed by atoms with Crippen molar-refractivity contribution in [2.24, 2.45) is 0 Å². The summed E-state index contributed by atoms with van der Waals surface area (Å²) in [5, 5.41) is 13.4. The quantitative estimate of drug-likeness (QED) is 0.482. The van der Waals surface area contributed by atoms with Crippen LogP contribution in [0.1, 0.15) is 43.3 Å². The molecule has 0 aliphatic rings. The van der Waals surface area contributed by atoms with Crippen LogP contribution in [-0.2, 0) is 25.0 Å². The summed E-state index contributed by atoms with van der Waals surface area (Å²) in [6.45, 7) is 10.1. The van der Waals surface area contributed by atoms with Gasteiger partial charge in [0.15, 0.2) is 5.82 Å². The standard InChI is InChI=1S/C25H30N6O/c1-18-9-8-12-20-15-21(24(32)26-23(18)20)16-30(14-13-19-10-6-5-7-11-19)17-22-27-28-29-31(22)25(2,3)4/h5-12,15H,13-14,16-17H2,1-4H3,(H,26,32). The van der Waals surface area contributed by atoms with Crippen molar-refractivity contribution in [2.75, 3.05) is 6.54 Å². The number of pyridine rings is 1. The average molecular weight is 431 g/mol. The van der Waals surface area contributed by atoms with Gasteiger partial charge in [0.25, 0.3) is 5.56 Å². The van der Waals surface area contributed by atoms with E-state index in [-0.39, 0.29) is 11.1 Å². The molecule has 0 atom stereocenters. The van der Waals surface area contributed by atoms with Gasteiger partial charge in [-0.05, 0) is 67.1 Å². The summed E-state index contributed by atoms with van der Waals surface area (Å²) in [5.74, 6) is 0.790. The third kappa shape index (κ3) is 4.94. The van der Waals surface area contributed by atoms with Crippen LogP contribution in [0.15, 0.2) is 59.4 Å². The summed E-state index contributed by atoms with van der Waals surface area (Å²) < 4.78 is 1.86. The zero-order valence-corrected chi connectivity index (χ0v) is 19.2. The smallest absolute Gasteiger partial charge is 0.252 e. The van der Waals surface area contributed by atoms with Gasteiger partial charge in [0.2, 0.25) is 0 Å². The first-order valence-electron chi connectivity index (χ1n) is 11.0. The summed E-state index contributed by atoms with van der Waals surface area (Å²) in [6, 6.07) is 18.5. The van der Waals surface area contributed by atoms with Gasteiger partial charge in [0.05, 0.1) is 17.6 Å². The van der Waals surface area contributed by atoms with Gasteiger partial charge in [-0.1, -0.05) is 48.5 Å². The van der Waals surface area contributed by atoms with Crippen LogP contribution in [0.25, 0.3) is 10.9 Å². The van der Waals surface area contributed by atoms with Crippen molar-refractivity contribution in [3.8, 4) is 0 Å². The van der Waals surface area contributed by atoms with Gasteiger partial charge >= 0.3 is 0 Å². The number of fused-ring (bicyclic) bond motifs is 1. The molecular formula is C25H30N6O. The lowest BCUT2D eigenvalue weighted by molar-refractivity contribution is 0.234. The number of para-hydroxylation sites is 1. The maximum absolute atomic E-state index is 12.9. The predicted molar refractivity (Wildman–Crippen MR) is 126 cm³/mol. The molecule has 0 bridgehead atoms. The summed E-state index contributed by atoms with van der Waals surface area (Å²) in [7, 11) is 0. The summed E-state index contributed by atoms with van der Waals surface area (Å²) in [6.07, 6.45) is 0.877. The van der Waals surface area contributed by atoms with Crippen molar-refractivity contribution < 1.29 is 0 Å². The van der Waals surface area contributed by atoms with Crippen LogP contribution in [0.2, 0.25) is 0 Å². The van der Waals surface area contributed by atoms with E-state index in [1.165, 1.54) is 5.56 Å². The highest BCUT2D eigenvalue weighted by molar-refractivity contribution is 5.81. The first-order chi connectivity index (χ1) is 15.3. The summed E-state index contributed by atoms with van der Waals surface area (Å²) >= 11 is 0. The highest BCUT2D eigenvalue weighted by atomic mass is 16.1. The number of H-pyrrole nitrogens is 1. The fourth-order valence-corrected chi connectivity index (χ4v) is 3.96. The molecule has 7 nitrogen and oxygen atoms in total. The van der Waals surface area contributed by atoms with Gasteiger partial charge in [-0.15, -0.1) is 5.10 Å². The molecule has 0 amide bonds. The molecule has 0 saturated heterocycles. The Kier molecular flexibility index (Phi) is 6.19. The molecule has 0 radical (unpaired) electrons. The lowest BCUT2D eigenvalue weighted by Crippen LogP contribution is -2.32. The van der Waals surface area contributed by atoms with Crippen LogP contribution < -0.4 is 5.56 Å². The maximum Gasteiger partial charge on any atom is 0.252 e. The number of hydrogen-bond donors (Lipinski definition) is 1. The lowest BCUT2D eigenvalue weighted by Gasteiger charge is -2.25. The molecule has 4 rings (SSSR count). The Morgan fingerprint density at radius 1 is 1.03 bits per heavy atom. The number of tetrazole rings is 1. The first-order valence-corrected chi connectivity index (χ1v) is 11.0. The molecule has 0 fully saturated rings. The van der Waals surface area contributed by atoms with Crippen LogP contribution >= 0.6 is 0 Å². The van der Waals surface area contributed by atoms with Crippen molar-refractivity contribution in [3.05, 3.63) is 87.5 Å². The highest BCUT2D eigenvalue weighted by Crippen LogP contribution is 2.18. The number of nitrogens with one attached hydrogen (secondary N) is 1. The minimum atomic E-state index is -0.220. The van der Waals surface area contributed by atoms with E-state index < -0.39 is 0 Å². The van der Waals surface area contributed by atoms with Gasteiger partial charge in [0.1, 0.15) is 0 Å². The second-order valence-electron chi connectivity index (χ2n) is 9.29. The third-order valence-electron chi connectivity index (χ3n) is 5.65. The first kappa shape index (κ1) is 21.9. The van der Waals surface area contributed by atoms with Crippen molar-refractivity contribution >= 4 is 10.9 Å². The van der Waals surface area contributed by atoms with Crippen molar-refractivity contribution in [1.29, 1.82) is 0 Å². The molecule has 4 aromatic rings. The number of nitrogens with zero attached hydrogens (tertiary/aromatic N) is 5. The zero-order chi connectivity index (χ0) is 22.7. The number of aromatic amines is 1. The zero-order valence-electron chi connectivity index (χ0n) is 19.2. The Morgan fingerprint density at radius 3 is 2.56 bits per heavy atom. The molecule has 0 unspecified atom stereocenters. The Bertz CT molecular complexity index is 1250. The van der Waals surface area contributed by atoms with E-state index in [1.807, 2.05) is 41.9 Å². The fourth-order valence-electron chi connectivity index (χ4n) is 3.96. The molecule has 7 heteroatoms. The number of hydrogen-bond acceptors (Lipinski definition) is 5. The number of aryl methyl sites for hydroxylation is 1. The lowest BCUT2D eigenvalue weighted by atomic mass is 10.1. The van der Waals surface area contributed by atoms with Crippen molar-refractivity contribution in [2.45, 2.75) is 52.7 Å². The predicted octanol–water partition coefficient (Wildman–Crippen LogP) is 3.82. The van der Waals surface area contributed by atoms with E-state index in [9.17, 15) is 4.79 Å². The molecule has 0 aliphatic heterocycles. The highest BCUT2D eigenvalue weighted by Gasteiger charge is 2.22. The Morgan fingerprint density at radius 2 is 1.81 bits per heavy atom. The molecular weight excluding hydrogens is 400 g/mol. The second kappa shape index (κ2) is 9.04. The van der Waals surface area contributed by atoms with E-state index in [0.29, 0.717) is 13.1 Å². The second-order valence-corrected chi connectivity index (χ2v) is 9.29. The van der Waals surface area contributed by atoms with Crippen LogP contribution in [0.4, 0.5) is 0 Å².